The Morgan fingerprint density at radius 3 is 2.56 bits per heavy atom. The number of rotatable bonds is 4. The molecule has 0 atom stereocenters. The van der Waals surface area contributed by atoms with Crippen LogP contribution >= 0.6 is 0 Å². The van der Waals surface area contributed by atoms with Gasteiger partial charge in [0.15, 0.2) is 17.5 Å². The van der Waals surface area contributed by atoms with E-state index in [1.807, 2.05) is 4.90 Å². The molecule has 2 aromatic heterocycles. The van der Waals surface area contributed by atoms with Crippen molar-refractivity contribution in [2.45, 2.75) is 18.4 Å². The summed E-state index contributed by atoms with van der Waals surface area (Å²) in [5.74, 6) is -1.51. The van der Waals surface area contributed by atoms with Crippen LogP contribution in [0.15, 0.2) is 25.4 Å². The molecular weight excluding hydrogens is 354 g/mol. The van der Waals surface area contributed by atoms with Gasteiger partial charge in [0.25, 0.3) is 0 Å². The van der Waals surface area contributed by atoms with Crippen molar-refractivity contribution >= 4 is 30.8 Å². The lowest BCUT2D eigenvalue weighted by molar-refractivity contribution is 0.489. The Labute approximate surface area is 156 Å². The molecule has 9 heteroatoms. The number of piperazine rings is 1. The van der Waals surface area contributed by atoms with Crippen molar-refractivity contribution < 1.29 is 13.2 Å². The second-order valence-electron chi connectivity index (χ2n) is 6.98. The zero-order valence-electron chi connectivity index (χ0n) is 14.6. The Bertz CT molecular complexity index is 937. The Morgan fingerprint density at radius 1 is 1.22 bits per heavy atom. The fourth-order valence-corrected chi connectivity index (χ4v) is 3.72. The first-order chi connectivity index (χ1) is 12.8. The van der Waals surface area contributed by atoms with E-state index in [-0.39, 0.29) is 22.4 Å². The summed E-state index contributed by atoms with van der Waals surface area (Å²) in [4.78, 5) is 7.70. The van der Waals surface area contributed by atoms with Crippen LogP contribution < -0.4 is 9.80 Å². The van der Waals surface area contributed by atoms with E-state index in [0.717, 1.165) is 25.1 Å². The molecular formula is C18H17BF3N5. The van der Waals surface area contributed by atoms with Gasteiger partial charge in [-0.25, -0.2) is 18.2 Å². The number of anilines is 2. The van der Waals surface area contributed by atoms with Crippen LogP contribution in [0.3, 0.4) is 0 Å². The van der Waals surface area contributed by atoms with Gasteiger partial charge in [-0.1, -0.05) is 12.1 Å². The van der Waals surface area contributed by atoms with Crippen molar-refractivity contribution in [1.29, 1.82) is 0 Å². The highest BCUT2D eigenvalue weighted by Crippen LogP contribution is 2.48. The summed E-state index contributed by atoms with van der Waals surface area (Å²) in [5.41, 5.74) is 0.367. The van der Waals surface area contributed by atoms with E-state index in [1.54, 1.807) is 4.90 Å². The third-order valence-electron chi connectivity index (χ3n) is 5.16. The lowest BCUT2D eigenvalue weighted by atomic mass is 9.91. The van der Waals surface area contributed by atoms with E-state index < -0.39 is 17.5 Å². The quantitative estimate of drug-likeness (QED) is 0.840. The van der Waals surface area contributed by atoms with Crippen LogP contribution in [0.2, 0.25) is 0 Å². The van der Waals surface area contributed by atoms with Crippen LogP contribution in [0.4, 0.5) is 24.8 Å². The predicted molar refractivity (Wildman–Crippen MR) is 99.2 cm³/mol. The molecule has 138 valence electrons. The largest absolute Gasteiger partial charge is 0.350 e. The Kier molecular flexibility index (Phi) is 4.05. The fraction of sp³-hybridized carbons (Fsp3) is 0.333. The number of H-pyrrole nitrogens is 1. The maximum atomic E-state index is 14.1. The van der Waals surface area contributed by atoms with Gasteiger partial charge >= 0.3 is 0 Å². The molecule has 1 saturated heterocycles. The summed E-state index contributed by atoms with van der Waals surface area (Å²) in [7, 11) is 5.72. The van der Waals surface area contributed by atoms with Crippen molar-refractivity contribution in [2.75, 3.05) is 29.4 Å². The molecule has 1 N–H and O–H groups in total. The van der Waals surface area contributed by atoms with Gasteiger partial charge in [-0.05, 0) is 12.8 Å². The van der Waals surface area contributed by atoms with E-state index in [2.05, 4.69) is 28.3 Å². The van der Waals surface area contributed by atoms with Crippen molar-refractivity contribution in [1.82, 2.24) is 15.2 Å². The first-order valence-electron chi connectivity index (χ1n) is 8.54. The molecule has 1 spiro atoms. The van der Waals surface area contributed by atoms with E-state index >= 15 is 0 Å². The molecule has 1 aliphatic heterocycles. The molecule has 2 radical (unpaired) electrons. The summed E-state index contributed by atoms with van der Waals surface area (Å²) >= 11 is 0. The number of aromatic nitrogens is 3. The molecule has 0 aromatic carbocycles. The first-order valence-corrected chi connectivity index (χ1v) is 8.54. The molecule has 2 fully saturated rings. The molecule has 2 aliphatic rings. The highest BCUT2D eigenvalue weighted by molar-refractivity contribution is 6.41. The Hall–Kier alpha value is -2.71. The van der Waals surface area contributed by atoms with Gasteiger partial charge in [-0.2, -0.15) is 5.10 Å². The lowest BCUT2D eigenvalue weighted by Crippen LogP contribution is -2.56. The van der Waals surface area contributed by atoms with Crippen molar-refractivity contribution in [3.63, 3.8) is 0 Å². The predicted octanol–water partition coefficient (Wildman–Crippen LogP) is 3.02. The minimum atomic E-state index is -0.715. The summed E-state index contributed by atoms with van der Waals surface area (Å²) in [6, 6.07) is 0.826. The molecule has 2 aromatic rings. The fourth-order valence-electron chi connectivity index (χ4n) is 3.72. The second kappa shape index (κ2) is 6.18. The molecule has 5 nitrogen and oxygen atoms in total. The Balaban J connectivity index is 1.65. The van der Waals surface area contributed by atoms with Crippen LogP contribution in [-0.2, 0) is 0 Å². The van der Waals surface area contributed by atoms with E-state index in [0.29, 0.717) is 31.1 Å². The monoisotopic (exact) mass is 371 g/mol. The van der Waals surface area contributed by atoms with Crippen molar-refractivity contribution in [2.24, 2.45) is 0 Å². The highest BCUT2D eigenvalue weighted by Gasteiger charge is 2.53. The van der Waals surface area contributed by atoms with Crippen molar-refractivity contribution in [3.05, 3.63) is 48.3 Å². The number of hydrogen-bond donors (Lipinski definition) is 1. The average Bonchev–Trinajstić information content (AvgIpc) is 3.19. The topological polar surface area (TPSA) is 48.1 Å². The summed E-state index contributed by atoms with van der Waals surface area (Å²) < 4.78 is 41.4. The zero-order chi connectivity index (χ0) is 19.3. The minimum Gasteiger partial charge on any atom is -0.350 e. The Morgan fingerprint density at radius 2 is 1.96 bits per heavy atom. The molecule has 4 rings (SSSR count). The lowest BCUT2D eigenvalue weighted by Gasteiger charge is -2.43. The van der Waals surface area contributed by atoms with Gasteiger partial charge in [0.05, 0.1) is 23.0 Å². The standard InChI is InChI=1S/C18H17BF3N5/c1-10(19)15-14(11(2)20)17(25-24-15)27-6-5-26(9-18(27)3-4-18)16-13(22)7-12(21)8-23-16/h7-8H,1-6,9H2,(H,24,25). The normalized spacial score (nSPS) is 18.0. The van der Waals surface area contributed by atoms with E-state index in [1.165, 1.54) is 0 Å². The first kappa shape index (κ1) is 17.7. The number of pyridine rings is 1. The number of aromatic amines is 1. The van der Waals surface area contributed by atoms with Crippen molar-refractivity contribution in [3.8, 4) is 0 Å². The number of nitrogens with one attached hydrogen (secondary N) is 1. The van der Waals surface area contributed by atoms with Crippen LogP contribution in [0, 0.1) is 11.6 Å². The maximum Gasteiger partial charge on any atom is 0.168 e. The van der Waals surface area contributed by atoms with Crippen LogP contribution in [0.1, 0.15) is 24.1 Å². The second-order valence-corrected chi connectivity index (χ2v) is 6.98. The number of hydrogen-bond acceptors (Lipinski definition) is 4. The summed E-state index contributed by atoms with van der Waals surface area (Å²) in [5, 5.41) is 6.98. The van der Waals surface area contributed by atoms with E-state index in [4.69, 9.17) is 7.85 Å². The smallest absolute Gasteiger partial charge is 0.168 e. The summed E-state index contributed by atoms with van der Waals surface area (Å²) in [6.07, 6.45) is 2.69. The van der Waals surface area contributed by atoms with Gasteiger partial charge < -0.3 is 9.80 Å². The summed E-state index contributed by atoms with van der Waals surface area (Å²) in [6.45, 7) is 8.41. The molecule has 0 unspecified atom stereocenters. The average molecular weight is 371 g/mol. The number of halogens is 3. The number of nitrogens with zero attached hydrogens (tertiary/aromatic N) is 4. The zero-order valence-corrected chi connectivity index (χ0v) is 14.6. The highest BCUT2D eigenvalue weighted by atomic mass is 19.1. The molecule has 3 heterocycles. The van der Waals surface area contributed by atoms with Gasteiger partial charge in [-0.3, -0.25) is 5.10 Å². The molecule has 0 bridgehead atoms. The molecule has 1 saturated carbocycles. The van der Waals surface area contributed by atoms with Crippen LogP contribution in [0.5, 0.6) is 0 Å². The van der Waals surface area contributed by atoms with Gasteiger partial charge in [-0.15, -0.1) is 6.58 Å². The molecule has 0 amide bonds. The van der Waals surface area contributed by atoms with E-state index in [9.17, 15) is 13.2 Å². The molecule has 1 aliphatic carbocycles. The van der Waals surface area contributed by atoms with Gasteiger partial charge in [0.1, 0.15) is 19.5 Å². The van der Waals surface area contributed by atoms with Crippen LogP contribution in [0.25, 0.3) is 11.3 Å². The minimum absolute atomic E-state index is 0.121. The van der Waals surface area contributed by atoms with Gasteiger partial charge in [0.2, 0.25) is 0 Å². The molecule has 27 heavy (non-hydrogen) atoms. The van der Waals surface area contributed by atoms with Crippen LogP contribution in [-0.4, -0.2) is 48.2 Å². The van der Waals surface area contributed by atoms with Gasteiger partial charge in [0, 0.05) is 25.7 Å². The third kappa shape index (κ3) is 2.91. The maximum absolute atomic E-state index is 14.1. The third-order valence-corrected chi connectivity index (χ3v) is 5.16. The SMILES string of the molecule is [B]C(=C)c1[nH]nc(N2CCN(c3ncc(F)cc3F)CC23CC3)c1C(=C)F.